The summed E-state index contributed by atoms with van der Waals surface area (Å²) < 4.78 is 8.04. The van der Waals surface area contributed by atoms with Crippen LogP contribution in [0, 0.1) is 0 Å². The van der Waals surface area contributed by atoms with Crippen molar-refractivity contribution in [2.45, 2.75) is 6.54 Å². The molecule has 2 aromatic heterocycles. The summed E-state index contributed by atoms with van der Waals surface area (Å²) >= 11 is 3.40. The molecule has 0 aliphatic rings. The summed E-state index contributed by atoms with van der Waals surface area (Å²) in [5.74, 6) is 0.576. The minimum atomic E-state index is -0.365. The number of methoxy groups -OCH3 is 1. The second kappa shape index (κ2) is 8.32. The van der Waals surface area contributed by atoms with Crippen molar-refractivity contribution in [1.82, 2.24) is 14.8 Å². The molecule has 0 unspecified atom stereocenters. The first-order valence-electron chi connectivity index (χ1n) is 8.89. The summed E-state index contributed by atoms with van der Waals surface area (Å²) in [7, 11) is 1.56. The van der Waals surface area contributed by atoms with Crippen LogP contribution in [0.15, 0.2) is 71.6 Å². The van der Waals surface area contributed by atoms with Crippen LogP contribution >= 0.6 is 15.9 Å². The fourth-order valence-corrected chi connectivity index (χ4v) is 3.41. The van der Waals surface area contributed by atoms with Crippen molar-refractivity contribution >= 4 is 44.2 Å². The van der Waals surface area contributed by atoms with E-state index in [2.05, 4.69) is 36.6 Å². The van der Waals surface area contributed by atoms with Crippen molar-refractivity contribution in [3.05, 3.63) is 77.2 Å². The molecular weight excluding hydrogens is 434 g/mol. The maximum Gasteiger partial charge on any atom is 0.323 e. The number of nitrogens with zero attached hydrogens (tertiary/aromatic N) is 3. The average Bonchev–Trinajstić information content (AvgIpc) is 3.13. The van der Waals surface area contributed by atoms with Crippen molar-refractivity contribution in [2.75, 3.05) is 17.7 Å². The zero-order valence-electron chi connectivity index (χ0n) is 15.6. The summed E-state index contributed by atoms with van der Waals surface area (Å²) in [4.78, 5) is 16.6. The van der Waals surface area contributed by atoms with Gasteiger partial charge >= 0.3 is 6.03 Å². The molecule has 0 radical (unpaired) electrons. The number of pyridine rings is 1. The predicted molar refractivity (Wildman–Crippen MR) is 116 cm³/mol. The monoisotopic (exact) mass is 451 g/mol. The molecule has 2 N–H and O–H groups in total. The third-order valence-electron chi connectivity index (χ3n) is 4.43. The molecule has 0 spiro atoms. The summed E-state index contributed by atoms with van der Waals surface area (Å²) in [5, 5.41) is 11.1. The third-order valence-corrected chi connectivity index (χ3v) is 4.92. The SMILES string of the molecule is COc1ccc(Br)cc1NC(=O)Nc1cccc2c1cnn2Cc1ccncc1. The molecule has 0 bridgehead atoms. The minimum absolute atomic E-state index is 0.365. The van der Waals surface area contributed by atoms with Gasteiger partial charge in [0.15, 0.2) is 0 Å². The lowest BCUT2D eigenvalue weighted by atomic mass is 10.2. The Morgan fingerprint density at radius 1 is 1.10 bits per heavy atom. The molecule has 0 aliphatic carbocycles. The van der Waals surface area contributed by atoms with Gasteiger partial charge in [0.1, 0.15) is 5.75 Å². The van der Waals surface area contributed by atoms with Gasteiger partial charge in [-0.1, -0.05) is 22.0 Å². The number of benzene rings is 2. The van der Waals surface area contributed by atoms with Crippen LogP contribution in [0.4, 0.5) is 16.2 Å². The van der Waals surface area contributed by atoms with Crippen LogP contribution in [0.1, 0.15) is 5.56 Å². The zero-order chi connectivity index (χ0) is 20.2. The number of hydrogen-bond acceptors (Lipinski definition) is 4. The van der Waals surface area contributed by atoms with E-state index in [0.29, 0.717) is 23.7 Å². The number of halogens is 1. The molecule has 7 nitrogen and oxygen atoms in total. The van der Waals surface area contributed by atoms with Crippen molar-refractivity contribution in [2.24, 2.45) is 0 Å². The van der Waals surface area contributed by atoms with E-state index in [1.165, 1.54) is 0 Å². The number of carbonyl (C=O) groups excluding carboxylic acids is 1. The molecular formula is C21H18BrN5O2. The zero-order valence-corrected chi connectivity index (χ0v) is 17.2. The highest BCUT2D eigenvalue weighted by Gasteiger charge is 2.12. The van der Waals surface area contributed by atoms with Gasteiger partial charge in [-0.15, -0.1) is 0 Å². The molecule has 2 amide bonds. The van der Waals surface area contributed by atoms with Gasteiger partial charge in [-0.05, 0) is 48.0 Å². The number of urea groups is 1. The van der Waals surface area contributed by atoms with Gasteiger partial charge in [0.2, 0.25) is 0 Å². The van der Waals surface area contributed by atoms with Gasteiger partial charge in [0.05, 0.1) is 36.7 Å². The number of carbonyl (C=O) groups is 1. The maximum atomic E-state index is 12.6. The first kappa shape index (κ1) is 18.9. The first-order valence-corrected chi connectivity index (χ1v) is 9.68. The highest BCUT2D eigenvalue weighted by molar-refractivity contribution is 9.10. The van der Waals surface area contributed by atoms with E-state index >= 15 is 0 Å². The molecule has 0 aliphatic heterocycles. The van der Waals surface area contributed by atoms with E-state index in [-0.39, 0.29) is 6.03 Å². The Labute approximate surface area is 175 Å². The molecule has 0 fully saturated rings. The van der Waals surface area contributed by atoms with Gasteiger partial charge in [-0.2, -0.15) is 5.10 Å². The van der Waals surface area contributed by atoms with E-state index in [1.54, 1.807) is 37.8 Å². The van der Waals surface area contributed by atoms with Crippen molar-refractivity contribution in [3.8, 4) is 5.75 Å². The molecule has 29 heavy (non-hydrogen) atoms. The Bertz CT molecular complexity index is 1160. The van der Waals surface area contributed by atoms with Crippen LogP contribution in [0.5, 0.6) is 5.75 Å². The van der Waals surface area contributed by atoms with Crippen LogP contribution < -0.4 is 15.4 Å². The fraction of sp³-hybridized carbons (Fsp3) is 0.0952. The molecule has 0 saturated heterocycles. The molecule has 8 heteroatoms. The predicted octanol–water partition coefficient (Wildman–Crippen LogP) is 4.89. The van der Waals surface area contributed by atoms with Gasteiger partial charge in [-0.3, -0.25) is 9.67 Å². The number of rotatable bonds is 5. The van der Waals surface area contributed by atoms with E-state index < -0.39 is 0 Å². The lowest BCUT2D eigenvalue weighted by molar-refractivity contribution is 0.262. The van der Waals surface area contributed by atoms with Gasteiger partial charge in [-0.25, -0.2) is 4.79 Å². The molecule has 146 valence electrons. The molecule has 0 atom stereocenters. The molecule has 4 aromatic rings. The van der Waals surface area contributed by atoms with E-state index in [9.17, 15) is 4.79 Å². The molecule has 0 saturated carbocycles. The Hall–Kier alpha value is -3.39. The van der Waals surface area contributed by atoms with Crippen molar-refractivity contribution in [3.63, 3.8) is 0 Å². The lowest BCUT2D eigenvalue weighted by Crippen LogP contribution is -2.20. The minimum Gasteiger partial charge on any atom is -0.495 e. The summed E-state index contributed by atoms with van der Waals surface area (Å²) in [6.45, 7) is 0.622. The number of amides is 2. The van der Waals surface area contributed by atoms with E-state index in [1.807, 2.05) is 41.1 Å². The molecule has 4 rings (SSSR count). The average molecular weight is 452 g/mol. The third kappa shape index (κ3) is 4.22. The summed E-state index contributed by atoms with van der Waals surface area (Å²) in [6.07, 6.45) is 5.27. The lowest BCUT2D eigenvalue weighted by Gasteiger charge is -2.12. The van der Waals surface area contributed by atoms with E-state index in [4.69, 9.17) is 4.74 Å². The number of nitrogens with one attached hydrogen (secondary N) is 2. The maximum absolute atomic E-state index is 12.6. The number of hydrogen-bond donors (Lipinski definition) is 2. The Morgan fingerprint density at radius 2 is 1.90 bits per heavy atom. The molecule has 2 heterocycles. The second-order valence-electron chi connectivity index (χ2n) is 6.32. The van der Waals surface area contributed by atoms with Crippen LogP contribution in [0.3, 0.4) is 0 Å². The summed E-state index contributed by atoms with van der Waals surface area (Å²) in [6, 6.07) is 14.7. The highest BCUT2D eigenvalue weighted by Crippen LogP contribution is 2.29. The first-order chi connectivity index (χ1) is 14.1. The normalized spacial score (nSPS) is 10.7. The Balaban J connectivity index is 1.55. The van der Waals surface area contributed by atoms with Crippen LogP contribution in [0.2, 0.25) is 0 Å². The number of ether oxygens (including phenoxy) is 1. The van der Waals surface area contributed by atoms with Crippen molar-refractivity contribution < 1.29 is 9.53 Å². The van der Waals surface area contributed by atoms with Crippen LogP contribution in [0.25, 0.3) is 10.9 Å². The number of anilines is 2. The standard InChI is InChI=1S/C21H18BrN5O2/c1-29-20-6-5-15(22)11-18(20)26-21(28)25-17-3-2-4-19-16(17)12-24-27(19)13-14-7-9-23-10-8-14/h2-12H,13H2,1H3,(H2,25,26,28). The number of fused-ring (bicyclic) bond motifs is 1. The summed E-state index contributed by atoms with van der Waals surface area (Å²) in [5.41, 5.74) is 3.28. The van der Waals surface area contributed by atoms with Gasteiger partial charge < -0.3 is 15.4 Å². The van der Waals surface area contributed by atoms with Gasteiger partial charge in [0.25, 0.3) is 0 Å². The Kier molecular flexibility index (Phi) is 5.44. The fourth-order valence-electron chi connectivity index (χ4n) is 3.05. The second-order valence-corrected chi connectivity index (χ2v) is 7.24. The van der Waals surface area contributed by atoms with Crippen LogP contribution in [-0.2, 0) is 6.54 Å². The van der Waals surface area contributed by atoms with Gasteiger partial charge in [0, 0.05) is 22.3 Å². The smallest absolute Gasteiger partial charge is 0.323 e. The van der Waals surface area contributed by atoms with E-state index in [0.717, 1.165) is 20.9 Å². The topological polar surface area (TPSA) is 81.1 Å². The van der Waals surface area contributed by atoms with Crippen LogP contribution in [-0.4, -0.2) is 27.9 Å². The Morgan fingerprint density at radius 3 is 2.69 bits per heavy atom. The largest absolute Gasteiger partial charge is 0.495 e. The van der Waals surface area contributed by atoms with Crippen molar-refractivity contribution in [1.29, 1.82) is 0 Å². The highest BCUT2D eigenvalue weighted by atomic mass is 79.9. The quantitative estimate of drug-likeness (QED) is 0.452. The molecule has 2 aromatic carbocycles. The number of aromatic nitrogens is 3.